The first-order valence-corrected chi connectivity index (χ1v) is 8.24. The van der Waals surface area contributed by atoms with Crippen LogP contribution >= 0.6 is 0 Å². The molecule has 0 aliphatic rings. The number of hydrogen-bond donors (Lipinski definition) is 0. The molecule has 2 aromatic carbocycles. The van der Waals surface area contributed by atoms with Crippen molar-refractivity contribution in [2.75, 3.05) is 13.7 Å². The number of benzene rings is 2. The van der Waals surface area contributed by atoms with Crippen LogP contribution in [-0.2, 0) is 20.9 Å². The number of ether oxygens (including phenoxy) is 1. The van der Waals surface area contributed by atoms with Crippen LogP contribution in [0.2, 0.25) is 0 Å². The van der Waals surface area contributed by atoms with Gasteiger partial charge in [0.1, 0.15) is 0 Å². The summed E-state index contributed by atoms with van der Waals surface area (Å²) in [5.74, 6) is -0.974. The van der Waals surface area contributed by atoms with E-state index in [1.807, 2.05) is 31.2 Å². The number of nitro benzene ring substituents is 1. The quantitative estimate of drug-likeness (QED) is 0.324. The Morgan fingerprint density at radius 3 is 2.33 bits per heavy atom. The molecule has 0 bridgehead atoms. The fourth-order valence-electron chi connectivity index (χ4n) is 2.22. The molecular formula is C20H20N2O5. The van der Waals surface area contributed by atoms with Crippen LogP contribution in [0.15, 0.2) is 54.6 Å². The Balaban J connectivity index is 1.80. The molecule has 7 nitrogen and oxygen atoms in total. The van der Waals surface area contributed by atoms with Crippen molar-refractivity contribution < 1.29 is 19.2 Å². The van der Waals surface area contributed by atoms with Gasteiger partial charge in [-0.2, -0.15) is 0 Å². The average Bonchev–Trinajstić information content (AvgIpc) is 2.66. The number of amides is 1. The maximum atomic E-state index is 12.1. The summed E-state index contributed by atoms with van der Waals surface area (Å²) in [7, 11) is 1.64. The van der Waals surface area contributed by atoms with Crippen LogP contribution in [0.4, 0.5) is 5.69 Å². The molecule has 0 radical (unpaired) electrons. The highest BCUT2D eigenvalue weighted by Gasteiger charge is 2.11. The SMILES string of the molecule is Cc1ccc(CN(C)C(=O)COC(=O)/C=C/c2ccc([N+](=O)[O-])cc2)cc1. The van der Waals surface area contributed by atoms with Crippen molar-refractivity contribution in [3.8, 4) is 0 Å². The molecule has 0 spiro atoms. The number of rotatable bonds is 7. The van der Waals surface area contributed by atoms with Crippen molar-refractivity contribution in [1.82, 2.24) is 4.90 Å². The summed E-state index contributed by atoms with van der Waals surface area (Å²) >= 11 is 0. The van der Waals surface area contributed by atoms with Gasteiger partial charge in [0.2, 0.25) is 0 Å². The number of nitrogens with zero attached hydrogens (tertiary/aromatic N) is 2. The zero-order chi connectivity index (χ0) is 19.8. The van der Waals surface area contributed by atoms with Gasteiger partial charge in [-0.3, -0.25) is 14.9 Å². The van der Waals surface area contributed by atoms with Crippen LogP contribution in [-0.4, -0.2) is 35.4 Å². The molecular weight excluding hydrogens is 348 g/mol. The highest BCUT2D eigenvalue weighted by Crippen LogP contribution is 2.13. The Labute approximate surface area is 157 Å². The van der Waals surface area contributed by atoms with E-state index in [-0.39, 0.29) is 18.2 Å². The zero-order valence-electron chi connectivity index (χ0n) is 15.1. The second-order valence-electron chi connectivity index (χ2n) is 6.03. The average molecular weight is 368 g/mol. The predicted octanol–water partition coefficient (Wildman–Crippen LogP) is 3.12. The van der Waals surface area contributed by atoms with Crippen molar-refractivity contribution in [1.29, 1.82) is 0 Å². The molecule has 0 aliphatic heterocycles. The molecule has 7 heteroatoms. The molecule has 0 atom stereocenters. The third kappa shape index (κ3) is 6.39. The van der Waals surface area contributed by atoms with Gasteiger partial charge in [0.15, 0.2) is 6.61 Å². The minimum atomic E-state index is -0.662. The van der Waals surface area contributed by atoms with E-state index >= 15 is 0 Å². The summed E-state index contributed by atoms with van der Waals surface area (Å²) in [5.41, 5.74) is 2.71. The van der Waals surface area contributed by atoms with E-state index < -0.39 is 10.9 Å². The van der Waals surface area contributed by atoms with Crippen molar-refractivity contribution >= 4 is 23.6 Å². The number of esters is 1. The summed E-state index contributed by atoms with van der Waals surface area (Å²) in [6, 6.07) is 13.5. The lowest BCUT2D eigenvalue weighted by Crippen LogP contribution is -2.30. The number of hydrogen-bond acceptors (Lipinski definition) is 5. The predicted molar refractivity (Wildman–Crippen MR) is 101 cm³/mol. The van der Waals surface area contributed by atoms with Crippen LogP contribution in [0.1, 0.15) is 16.7 Å². The van der Waals surface area contributed by atoms with Crippen LogP contribution in [0.5, 0.6) is 0 Å². The lowest BCUT2D eigenvalue weighted by atomic mass is 10.1. The van der Waals surface area contributed by atoms with E-state index in [4.69, 9.17) is 4.74 Å². The van der Waals surface area contributed by atoms with Gasteiger partial charge in [-0.25, -0.2) is 4.79 Å². The van der Waals surface area contributed by atoms with Crippen LogP contribution < -0.4 is 0 Å². The molecule has 0 saturated heterocycles. The van der Waals surface area contributed by atoms with Gasteiger partial charge in [-0.1, -0.05) is 29.8 Å². The first kappa shape index (κ1) is 19.8. The second kappa shape index (κ2) is 9.28. The summed E-state index contributed by atoms with van der Waals surface area (Å²) in [6.07, 6.45) is 2.64. The third-order valence-corrected chi connectivity index (χ3v) is 3.82. The number of aryl methyl sites for hydroxylation is 1. The van der Waals surface area contributed by atoms with E-state index in [1.54, 1.807) is 7.05 Å². The summed E-state index contributed by atoms with van der Waals surface area (Å²) < 4.78 is 4.94. The lowest BCUT2D eigenvalue weighted by molar-refractivity contribution is -0.384. The van der Waals surface area contributed by atoms with Gasteiger partial charge in [0.25, 0.3) is 11.6 Å². The molecule has 0 unspecified atom stereocenters. The highest BCUT2D eigenvalue weighted by molar-refractivity contribution is 5.89. The Morgan fingerprint density at radius 2 is 1.74 bits per heavy atom. The first-order chi connectivity index (χ1) is 12.8. The van der Waals surface area contributed by atoms with Crippen molar-refractivity contribution in [2.24, 2.45) is 0 Å². The van der Waals surface area contributed by atoms with Crippen molar-refractivity contribution in [3.05, 3.63) is 81.4 Å². The smallest absolute Gasteiger partial charge is 0.331 e. The van der Waals surface area contributed by atoms with Crippen LogP contribution in [0.3, 0.4) is 0 Å². The van der Waals surface area contributed by atoms with E-state index in [1.165, 1.54) is 41.3 Å². The highest BCUT2D eigenvalue weighted by atomic mass is 16.6. The number of carbonyl (C=O) groups is 2. The Kier molecular flexibility index (Phi) is 6.82. The van der Waals surface area contributed by atoms with E-state index in [0.29, 0.717) is 12.1 Å². The summed E-state index contributed by atoms with van der Waals surface area (Å²) in [4.78, 5) is 35.4. The van der Waals surface area contributed by atoms with Gasteiger partial charge in [0.05, 0.1) is 4.92 Å². The Hall–Kier alpha value is -3.48. The number of carbonyl (C=O) groups excluding carboxylic acids is 2. The van der Waals surface area contributed by atoms with Gasteiger partial charge in [0, 0.05) is 31.8 Å². The lowest BCUT2D eigenvalue weighted by Gasteiger charge is -2.17. The fourth-order valence-corrected chi connectivity index (χ4v) is 2.22. The molecule has 0 aromatic heterocycles. The summed E-state index contributed by atoms with van der Waals surface area (Å²) in [6.45, 7) is 2.06. The minimum Gasteiger partial charge on any atom is -0.452 e. The minimum absolute atomic E-state index is 0.0306. The van der Waals surface area contributed by atoms with E-state index in [9.17, 15) is 19.7 Å². The molecule has 0 heterocycles. The van der Waals surface area contributed by atoms with Gasteiger partial charge in [-0.05, 0) is 36.3 Å². The molecule has 0 saturated carbocycles. The van der Waals surface area contributed by atoms with E-state index in [0.717, 1.165) is 11.1 Å². The molecule has 0 aliphatic carbocycles. The van der Waals surface area contributed by atoms with Gasteiger partial charge in [-0.15, -0.1) is 0 Å². The molecule has 2 aromatic rings. The van der Waals surface area contributed by atoms with Crippen LogP contribution in [0, 0.1) is 17.0 Å². The van der Waals surface area contributed by atoms with Crippen molar-refractivity contribution in [3.63, 3.8) is 0 Å². The monoisotopic (exact) mass is 368 g/mol. The number of nitro groups is 1. The normalized spacial score (nSPS) is 10.6. The van der Waals surface area contributed by atoms with Crippen LogP contribution in [0.25, 0.3) is 6.08 Å². The first-order valence-electron chi connectivity index (χ1n) is 8.24. The van der Waals surface area contributed by atoms with Gasteiger partial charge < -0.3 is 9.64 Å². The fraction of sp³-hybridized carbons (Fsp3) is 0.200. The molecule has 1 amide bonds. The maximum Gasteiger partial charge on any atom is 0.331 e. The second-order valence-corrected chi connectivity index (χ2v) is 6.03. The van der Waals surface area contributed by atoms with Gasteiger partial charge >= 0.3 is 5.97 Å². The largest absolute Gasteiger partial charge is 0.452 e. The molecule has 0 N–H and O–H groups in total. The molecule has 27 heavy (non-hydrogen) atoms. The Morgan fingerprint density at radius 1 is 1.11 bits per heavy atom. The number of likely N-dealkylation sites (N-methyl/N-ethyl adjacent to an activating group) is 1. The topological polar surface area (TPSA) is 89.8 Å². The maximum absolute atomic E-state index is 12.1. The molecule has 0 fully saturated rings. The Bertz CT molecular complexity index is 842. The zero-order valence-corrected chi connectivity index (χ0v) is 15.1. The van der Waals surface area contributed by atoms with E-state index in [2.05, 4.69) is 0 Å². The number of non-ortho nitro benzene ring substituents is 1. The summed E-state index contributed by atoms with van der Waals surface area (Å²) in [5, 5.41) is 10.6. The standard InChI is InChI=1S/C20H20N2O5/c1-15-3-5-17(6-4-15)13-21(2)19(23)14-27-20(24)12-9-16-7-10-18(11-8-16)22(25)26/h3-12H,13-14H2,1-2H3/b12-9+. The van der Waals surface area contributed by atoms with Crippen molar-refractivity contribution in [2.45, 2.75) is 13.5 Å². The molecule has 140 valence electrons. The molecule has 2 rings (SSSR count). The third-order valence-electron chi connectivity index (χ3n) is 3.82.